The van der Waals surface area contributed by atoms with Gasteiger partial charge in [-0.25, -0.2) is 14.3 Å². The summed E-state index contributed by atoms with van der Waals surface area (Å²) >= 11 is 5.98. The largest absolute Gasteiger partial charge is 0.340 e. The van der Waals surface area contributed by atoms with Crippen LogP contribution in [-0.4, -0.2) is 26.5 Å². The second kappa shape index (κ2) is 5.91. The van der Waals surface area contributed by atoms with Gasteiger partial charge >= 0.3 is 6.03 Å². The predicted molar refractivity (Wildman–Crippen MR) is 92.4 cm³/mol. The Morgan fingerprint density at radius 2 is 2.08 bits per heavy atom. The van der Waals surface area contributed by atoms with Gasteiger partial charge in [-0.2, -0.15) is 5.10 Å². The lowest BCUT2D eigenvalue weighted by Crippen LogP contribution is -2.22. The molecular weight excluding hydrogens is 344 g/mol. The third kappa shape index (κ3) is 3.02. The first kappa shape index (κ1) is 15.2. The highest BCUT2D eigenvalue weighted by Gasteiger charge is 2.23. The van der Waals surface area contributed by atoms with Gasteiger partial charge in [0.1, 0.15) is 11.5 Å². The summed E-state index contributed by atoms with van der Waals surface area (Å²) < 4.78 is 1.57. The monoisotopic (exact) mass is 354 g/mol. The minimum Gasteiger partial charge on any atom is -0.340 e. The average molecular weight is 355 g/mol. The Morgan fingerprint density at radius 3 is 2.84 bits per heavy atom. The van der Waals surface area contributed by atoms with E-state index in [0.29, 0.717) is 22.1 Å². The van der Waals surface area contributed by atoms with Crippen molar-refractivity contribution in [1.29, 1.82) is 0 Å². The average Bonchev–Trinajstić information content (AvgIpc) is 3.11. The maximum Gasteiger partial charge on any atom is 0.326 e. The van der Waals surface area contributed by atoms with E-state index in [9.17, 15) is 9.59 Å². The van der Waals surface area contributed by atoms with Crippen LogP contribution in [0.5, 0.6) is 0 Å². The van der Waals surface area contributed by atoms with Crippen LogP contribution in [0.25, 0.3) is 11.7 Å². The SMILES string of the molecule is O=C1NC(=O)C(=Cc2cnn3ccc(Nc4cccc(Cl)c4)nc23)N1. The molecule has 8 nitrogen and oxygen atoms in total. The van der Waals surface area contributed by atoms with Gasteiger partial charge in [-0.05, 0) is 30.3 Å². The number of halogens is 1. The van der Waals surface area contributed by atoms with Crippen LogP contribution in [-0.2, 0) is 4.79 Å². The maximum atomic E-state index is 11.7. The molecule has 0 atom stereocenters. The Labute approximate surface area is 146 Å². The number of benzene rings is 1. The van der Waals surface area contributed by atoms with Crippen LogP contribution in [0.1, 0.15) is 5.56 Å². The number of nitrogens with zero attached hydrogens (tertiary/aromatic N) is 3. The Bertz CT molecular complexity index is 1040. The Balaban J connectivity index is 1.69. The molecular formula is C16H11ClN6O2. The summed E-state index contributed by atoms with van der Waals surface area (Å²) in [5.41, 5.74) is 2.08. The summed E-state index contributed by atoms with van der Waals surface area (Å²) in [6, 6.07) is 8.48. The molecule has 1 saturated heterocycles. The standard InChI is InChI=1S/C16H11ClN6O2/c17-10-2-1-3-11(7-10)19-13-4-5-23-14(21-13)9(8-18-23)6-12-15(24)22-16(25)20-12/h1-8H,(H,19,21)(H2,20,22,24,25). The molecule has 9 heteroatoms. The van der Waals surface area contributed by atoms with Crippen LogP contribution in [0.4, 0.5) is 16.3 Å². The molecule has 2 aromatic heterocycles. The summed E-state index contributed by atoms with van der Waals surface area (Å²) in [6.45, 7) is 0. The summed E-state index contributed by atoms with van der Waals surface area (Å²) in [5, 5.41) is 12.5. The van der Waals surface area contributed by atoms with Gasteiger partial charge in [0, 0.05) is 22.5 Å². The van der Waals surface area contributed by atoms with Crippen molar-refractivity contribution < 1.29 is 9.59 Å². The first-order valence-electron chi connectivity index (χ1n) is 7.29. The molecule has 0 spiro atoms. The minimum absolute atomic E-state index is 0.148. The van der Waals surface area contributed by atoms with E-state index in [4.69, 9.17) is 11.6 Å². The van der Waals surface area contributed by atoms with E-state index in [1.54, 1.807) is 35.1 Å². The van der Waals surface area contributed by atoms with E-state index in [1.165, 1.54) is 6.08 Å². The van der Waals surface area contributed by atoms with Crippen molar-refractivity contribution in [3.63, 3.8) is 0 Å². The molecule has 3 aromatic rings. The number of urea groups is 1. The van der Waals surface area contributed by atoms with Crippen LogP contribution in [0, 0.1) is 0 Å². The number of anilines is 2. The van der Waals surface area contributed by atoms with Crippen molar-refractivity contribution in [3.8, 4) is 0 Å². The van der Waals surface area contributed by atoms with Gasteiger partial charge < -0.3 is 10.6 Å². The van der Waals surface area contributed by atoms with Crippen molar-refractivity contribution in [2.75, 3.05) is 5.32 Å². The zero-order chi connectivity index (χ0) is 17.4. The number of aromatic nitrogens is 3. The Kier molecular flexibility index (Phi) is 3.58. The van der Waals surface area contributed by atoms with Crippen LogP contribution < -0.4 is 16.0 Å². The Hall–Kier alpha value is -3.39. The zero-order valence-corrected chi connectivity index (χ0v) is 13.4. The van der Waals surface area contributed by atoms with Gasteiger partial charge in [-0.1, -0.05) is 17.7 Å². The minimum atomic E-state index is -0.552. The van der Waals surface area contributed by atoms with Crippen LogP contribution in [0.15, 0.2) is 48.4 Å². The van der Waals surface area contributed by atoms with E-state index >= 15 is 0 Å². The highest BCUT2D eigenvalue weighted by Crippen LogP contribution is 2.20. The lowest BCUT2D eigenvalue weighted by molar-refractivity contribution is -0.115. The molecule has 25 heavy (non-hydrogen) atoms. The molecule has 1 aromatic carbocycles. The van der Waals surface area contributed by atoms with E-state index in [0.717, 1.165) is 5.69 Å². The summed E-state index contributed by atoms with van der Waals surface area (Å²) in [6.07, 6.45) is 4.83. The second-order valence-electron chi connectivity index (χ2n) is 5.28. The Morgan fingerprint density at radius 1 is 1.20 bits per heavy atom. The lowest BCUT2D eigenvalue weighted by Gasteiger charge is -2.06. The topological polar surface area (TPSA) is 100 Å². The van der Waals surface area contributed by atoms with Crippen molar-refractivity contribution in [3.05, 3.63) is 59.0 Å². The van der Waals surface area contributed by atoms with Crippen LogP contribution in [0.2, 0.25) is 5.02 Å². The maximum absolute atomic E-state index is 11.7. The first-order chi connectivity index (χ1) is 12.1. The fourth-order valence-corrected chi connectivity index (χ4v) is 2.60. The fourth-order valence-electron chi connectivity index (χ4n) is 2.41. The van der Waals surface area contributed by atoms with E-state index < -0.39 is 11.9 Å². The van der Waals surface area contributed by atoms with Gasteiger partial charge in [-0.15, -0.1) is 0 Å². The summed E-state index contributed by atoms with van der Waals surface area (Å²) in [7, 11) is 0. The number of hydrogen-bond donors (Lipinski definition) is 3. The van der Waals surface area contributed by atoms with Crippen LogP contribution in [0.3, 0.4) is 0 Å². The highest BCUT2D eigenvalue weighted by molar-refractivity contribution is 6.30. The van der Waals surface area contributed by atoms with E-state index in [2.05, 4.69) is 26.0 Å². The normalized spacial score (nSPS) is 15.5. The van der Waals surface area contributed by atoms with Crippen LogP contribution >= 0.6 is 11.6 Å². The van der Waals surface area contributed by atoms with Gasteiger partial charge in [0.25, 0.3) is 5.91 Å². The lowest BCUT2D eigenvalue weighted by atomic mass is 10.2. The molecule has 0 saturated carbocycles. The third-order valence-electron chi connectivity index (χ3n) is 3.51. The third-order valence-corrected chi connectivity index (χ3v) is 3.75. The molecule has 0 bridgehead atoms. The number of hydrogen-bond acceptors (Lipinski definition) is 5. The number of amides is 3. The fraction of sp³-hybridized carbons (Fsp3) is 0. The van der Waals surface area contributed by atoms with Gasteiger partial charge in [0.2, 0.25) is 0 Å². The number of carbonyl (C=O) groups excluding carboxylic acids is 2. The van der Waals surface area contributed by atoms with Crippen molar-refractivity contribution in [2.24, 2.45) is 0 Å². The highest BCUT2D eigenvalue weighted by atomic mass is 35.5. The number of nitrogens with one attached hydrogen (secondary N) is 3. The van der Waals surface area contributed by atoms with Gasteiger partial charge in [-0.3, -0.25) is 10.1 Å². The first-order valence-corrected chi connectivity index (χ1v) is 7.67. The molecule has 124 valence electrons. The van der Waals surface area contributed by atoms with E-state index in [-0.39, 0.29) is 5.70 Å². The number of rotatable bonds is 3. The number of fused-ring (bicyclic) bond motifs is 1. The van der Waals surface area contributed by atoms with E-state index in [1.807, 2.05) is 12.1 Å². The molecule has 1 fully saturated rings. The van der Waals surface area contributed by atoms with Crippen molar-refractivity contribution >= 4 is 46.8 Å². The molecule has 1 aliphatic heterocycles. The molecule has 4 rings (SSSR count). The molecule has 0 aliphatic carbocycles. The molecule has 3 N–H and O–H groups in total. The second-order valence-corrected chi connectivity index (χ2v) is 5.72. The summed E-state index contributed by atoms with van der Waals surface area (Å²) in [5.74, 6) is 0.104. The van der Waals surface area contributed by atoms with Crippen molar-refractivity contribution in [2.45, 2.75) is 0 Å². The number of carbonyl (C=O) groups is 2. The zero-order valence-electron chi connectivity index (χ0n) is 12.7. The quantitative estimate of drug-likeness (QED) is 0.495. The molecule has 0 unspecified atom stereocenters. The number of imide groups is 1. The van der Waals surface area contributed by atoms with Crippen molar-refractivity contribution in [1.82, 2.24) is 25.2 Å². The predicted octanol–water partition coefficient (Wildman–Crippen LogP) is 2.31. The molecule has 3 amide bonds. The van der Waals surface area contributed by atoms with Gasteiger partial charge in [0.05, 0.1) is 6.20 Å². The molecule has 3 heterocycles. The van der Waals surface area contributed by atoms with Gasteiger partial charge in [0.15, 0.2) is 5.65 Å². The molecule has 1 aliphatic rings. The summed E-state index contributed by atoms with van der Waals surface area (Å²) in [4.78, 5) is 27.4. The smallest absolute Gasteiger partial charge is 0.326 e. The molecule has 0 radical (unpaired) electrons.